The van der Waals surface area contributed by atoms with Gasteiger partial charge in [-0.15, -0.1) is 0 Å². The number of amides is 1. The molecule has 0 aliphatic carbocycles. The Bertz CT molecular complexity index is 1000. The maximum absolute atomic E-state index is 12.3. The van der Waals surface area contributed by atoms with Crippen LogP contribution in [0.1, 0.15) is 24.2 Å². The number of halogens is 2. The molecule has 27 heavy (non-hydrogen) atoms. The van der Waals surface area contributed by atoms with Crippen LogP contribution in [-0.2, 0) is 0 Å². The van der Waals surface area contributed by atoms with Crippen LogP contribution in [0.3, 0.4) is 0 Å². The van der Waals surface area contributed by atoms with Gasteiger partial charge in [0.15, 0.2) is 10.2 Å². The normalized spacial score (nSPS) is 10.9. The number of carbonyl (C=O) groups is 1. The number of nitrogens with one attached hydrogen (secondary N) is 2. The van der Waals surface area contributed by atoms with Crippen LogP contribution >= 0.6 is 46.8 Å². The summed E-state index contributed by atoms with van der Waals surface area (Å²) in [6, 6.07) is 10.4. The van der Waals surface area contributed by atoms with Gasteiger partial charge in [0.2, 0.25) is 0 Å². The fourth-order valence-corrected chi connectivity index (χ4v) is 3.80. The van der Waals surface area contributed by atoms with Gasteiger partial charge >= 0.3 is 0 Å². The molecule has 1 aromatic heterocycles. The first-order valence-electron chi connectivity index (χ1n) is 7.97. The lowest BCUT2D eigenvalue weighted by Crippen LogP contribution is -2.34. The molecule has 0 unspecified atom stereocenters. The smallest absolute Gasteiger partial charge is 0.257 e. The summed E-state index contributed by atoms with van der Waals surface area (Å²) in [5.74, 6) is 0.373. The molecule has 3 rings (SSSR count). The molecule has 0 aliphatic heterocycles. The molecule has 2 aromatic carbocycles. The van der Waals surface area contributed by atoms with Crippen LogP contribution in [-0.4, -0.2) is 22.1 Å². The van der Waals surface area contributed by atoms with Crippen molar-refractivity contribution in [2.24, 2.45) is 0 Å². The number of carbonyl (C=O) groups excluding carboxylic acids is 1. The zero-order valence-electron chi connectivity index (χ0n) is 14.4. The Morgan fingerprint density at radius 3 is 2.56 bits per heavy atom. The fraction of sp³-hybridized carbons (Fsp3) is 0.167. The van der Waals surface area contributed by atoms with Crippen LogP contribution in [0, 0.1) is 0 Å². The quantitative estimate of drug-likeness (QED) is 0.524. The van der Waals surface area contributed by atoms with Crippen molar-refractivity contribution in [2.45, 2.75) is 20.0 Å². The standard InChI is InChI=1S/C18H15Cl2N3O2S2/c1-9(2)25-11-5-3-10(4-6-11)16(24)22-17(26)23-18-21-15-13(27-18)8-7-12(19)14(15)20/h3-9H,1-2H3,(H2,21,22,23,24,26). The highest BCUT2D eigenvalue weighted by atomic mass is 35.5. The second-order valence-electron chi connectivity index (χ2n) is 5.83. The van der Waals surface area contributed by atoms with Gasteiger partial charge in [0.1, 0.15) is 11.3 Å². The highest BCUT2D eigenvalue weighted by molar-refractivity contribution is 7.80. The van der Waals surface area contributed by atoms with Gasteiger partial charge in [0, 0.05) is 5.56 Å². The molecule has 3 aromatic rings. The van der Waals surface area contributed by atoms with Gasteiger partial charge in [-0.25, -0.2) is 4.98 Å². The van der Waals surface area contributed by atoms with E-state index >= 15 is 0 Å². The highest BCUT2D eigenvalue weighted by Crippen LogP contribution is 2.35. The van der Waals surface area contributed by atoms with Crippen LogP contribution in [0.2, 0.25) is 10.0 Å². The van der Waals surface area contributed by atoms with E-state index in [-0.39, 0.29) is 17.1 Å². The zero-order chi connectivity index (χ0) is 19.6. The van der Waals surface area contributed by atoms with E-state index in [0.29, 0.717) is 32.0 Å². The van der Waals surface area contributed by atoms with Crippen molar-refractivity contribution in [2.75, 3.05) is 5.32 Å². The number of hydrogen-bond donors (Lipinski definition) is 2. The summed E-state index contributed by atoms with van der Waals surface area (Å²) >= 11 is 18.7. The zero-order valence-corrected chi connectivity index (χ0v) is 17.5. The predicted molar refractivity (Wildman–Crippen MR) is 116 cm³/mol. The Morgan fingerprint density at radius 1 is 1.19 bits per heavy atom. The van der Waals surface area contributed by atoms with Gasteiger partial charge in [0.05, 0.1) is 20.8 Å². The van der Waals surface area contributed by atoms with Crippen molar-refractivity contribution in [3.63, 3.8) is 0 Å². The Labute approximate surface area is 175 Å². The Kier molecular flexibility index (Phi) is 6.16. The first kappa shape index (κ1) is 19.8. The monoisotopic (exact) mass is 439 g/mol. The maximum Gasteiger partial charge on any atom is 0.257 e. The number of ether oxygens (including phenoxy) is 1. The molecular weight excluding hydrogens is 425 g/mol. The molecule has 0 radical (unpaired) electrons. The molecular formula is C18H15Cl2N3O2S2. The second-order valence-corrected chi connectivity index (χ2v) is 8.05. The van der Waals surface area contributed by atoms with Gasteiger partial charge in [-0.2, -0.15) is 0 Å². The number of nitrogens with zero attached hydrogens (tertiary/aromatic N) is 1. The van der Waals surface area contributed by atoms with Crippen molar-refractivity contribution in [3.05, 3.63) is 52.0 Å². The van der Waals surface area contributed by atoms with E-state index in [1.165, 1.54) is 11.3 Å². The molecule has 2 N–H and O–H groups in total. The minimum Gasteiger partial charge on any atom is -0.491 e. The van der Waals surface area contributed by atoms with Gasteiger partial charge in [-0.1, -0.05) is 34.5 Å². The largest absolute Gasteiger partial charge is 0.491 e. The maximum atomic E-state index is 12.3. The Balaban J connectivity index is 1.65. The second kappa shape index (κ2) is 8.39. The summed E-state index contributed by atoms with van der Waals surface area (Å²) in [4.78, 5) is 16.7. The van der Waals surface area contributed by atoms with E-state index in [2.05, 4.69) is 15.6 Å². The third kappa shape index (κ3) is 4.87. The lowest BCUT2D eigenvalue weighted by Gasteiger charge is -2.10. The molecule has 0 saturated heterocycles. The van der Waals surface area contributed by atoms with E-state index in [9.17, 15) is 4.79 Å². The molecule has 0 spiro atoms. The molecule has 9 heteroatoms. The fourth-order valence-electron chi connectivity index (χ4n) is 2.25. The van der Waals surface area contributed by atoms with E-state index in [1.54, 1.807) is 30.3 Å². The number of hydrogen-bond acceptors (Lipinski definition) is 5. The summed E-state index contributed by atoms with van der Waals surface area (Å²) in [5, 5.41) is 6.99. The molecule has 0 fully saturated rings. The minimum absolute atomic E-state index is 0.0682. The number of rotatable bonds is 4. The number of anilines is 1. The molecule has 1 amide bonds. The summed E-state index contributed by atoms with van der Waals surface area (Å²) in [6.45, 7) is 3.88. The van der Waals surface area contributed by atoms with Crippen LogP contribution < -0.4 is 15.4 Å². The average Bonchev–Trinajstić information content (AvgIpc) is 3.01. The van der Waals surface area contributed by atoms with Gasteiger partial charge in [0.25, 0.3) is 5.91 Å². The minimum atomic E-state index is -0.328. The predicted octanol–water partition coefficient (Wildman–Crippen LogP) is 5.52. The summed E-state index contributed by atoms with van der Waals surface area (Å²) in [6.07, 6.45) is 0.0682. The van der Waals surface area contributed by atoms with Gasteiger partial charge in [-0.05, 0) is 62.5 Å². The third-order valence-corrected chi connectivity index (χ3v) is 5.32. The van der Waals surface area contributed by atoms with Gasteiger partial charge < -0.3 is 10.1 Å². The van der Waals surface area contributed by atoms with E-state index in [1.807, 2.05) is 19.9 Å². The first-order valence-corrected chi connectivity index (χ1v) is 9.95. The average molecular weight is 440 g/mol. The molecule has 0 saturated carbocycles. The summed E-state index contributed by atoms with van der Waals surface area (Å²) < 4.78 is 6.42. The molecule has 0 aliphatic rings. The first-order chi connectivity index (χ1) is 12.8. The summed E-state index contributed by atoms with van der Waals surface area (Å²) in [5.41, 5.74) is 1.06. The van der Waals surface area contributed by atoms with Crippen LogP contribution in [0.5, 0.6) is 5.75 Å². The molecule has 1 heterocycles. The lowest BCUT2D eigenvalue weighted by atomic mass is 10.2. The van der Waals surface area contributed by atoms with E-state index in [0.717, 1.165) is 4.70 Å². The van der Waals surface area contributed by atoms with Crippen molar-refractivity contribution < 1.29 is 9.53 Å². The number of thiocarbonyl (C=S) groups is 1. The Hall–Kier alpha value is -1.93. The van der Waals surface area contributed by atoms with E-state index < -0.39 is 0 Å². The molecule has 5 nitrogen and oxygen atoms in total. The third-order valence-electron chi connectivity index (χ3n) is 3.39. The van der Waals surface area contributed by atoms with Crippen LogP contribution in [0.15, 0.2) is 36.4 Å². The number of aromatic nitrogens is 1. The topological polar surface area (TPSA) is 63.2 Å². The van der Waals surface area contributed by atoms with Crippen molar-refractivity contribution >= 4 is 73.1 Å². The number of thiazole rings is 1. The number of benzene rings is 2. The number of fused-ring (bicyclic) bond motifs is 1. The van der Waals surface area contributed by atoms with Crippen LogP contribution in [0.4, 0.5) is 5.13 Å². The summed E-state index contributed by atoms with van der Waals surface area (Å²) in [7, 11) is 0. The van der Waals surface area contributed by atoms with Crippen molar-refractivity contribution in [3.8, 4) is 5.75 Å². The van der Waals surface area contributed by atoms with E-state index in [4.69, 9.17) is 40.2 Å². The molecule has 140 valence electrons. The van der Waals surface area contributed by atoms with Crippen molar-refractivity contribution in [1.29, 1.82) is 0 Å². The molecule has 0 bridgehead atoms. The van der Waals surface area contributed by atoms with Crippen molar-refractivity contribution in [1.82, 2.24) is 10.3 Å². The van der Waals surface area contributed by atoms with Crippen LogP contribution in [0.25, 0.3) is 10.2 Å². The highest BCUT2D eigenvalue weighted by Gasteiger charge is 2.13. The Morgan fingerprint density at radius 2 is 1.89 bits per heavy atom. The van der Waals surface area contributed by atoms with Gasteiger partial charge in [-0.3, -0.25) is 10.1 Å². The molecule has 0 atom stereocenters. The SMILES string of the molecule is CC(C)Oc1ccc(C(=O)NC(=S)Nc2nc3c(Cl)c(Cl)ccc3s2)cc1. The lowest BCUT2D eigenvalue weighted by molar-refractivity contribution is 0.0977.